The van der Waals surface area contributed by atoms with Crippen molar-refractivity contribution >= 4 is 12.3 Å². The van der Waals surface area contributed by atoms with Crippen LogP contribution in [0.4, 0.5) is 9.59 Å². The average molecular weight is 388 g/mol. The standard InChI is InChI=1S/C19H32O8/c1-13(25-16-10-6-7-11-17(16)27-19(21)23-3)12-24-14-8-4-5-9-15(14)26-18(20)22-2/h13-17H,4-12H2,1-3H3. The lowest BCUT2D eigenvalue weighted by molar-refractivity contribution is -0.139. The van der Waals surface area contributed by atoms with E-state index >= 15 is 0 Å². The zero-order valence-corrected chi connectivity index (χ0v) is 16.5. The van der Waals surface area contributed by atoms with Gasteiger partial charge in [0.1, 0.15) is 12.2 Å². The summed E-state index contributed by atoms with van der Waals surface area (Å²) in [5.74, 6) is 0. The summed E-state index contributed by atoms with van der Waals surface area (Å²) in [6.07, 6.45) is 4.88. The van der Waals surface area contributed by atoms with Crippen LogP contribution in [0.2, 0.25) is 0 Å². The van der Waals surface area contributed by atoms with E-state index in [9.17, 15) is 9.59 Å². The van der Waals surface area contributed by atoms with Crippen molar-refractivity contribution in [2.24, 2.45) is 0 Å². The van der Waals surface area contributed by atoms with Gasteiger partial charge < -0.3 is 28.4 Å². The molecule has 0 aliphatic heterocycles. The second-order valence-electron chi connectivity index (χ2n) is 7.15. The molecular formula is C19H32O8. The van der Waals surface area contributed by atoms with Crippen molar-refractivity contribution in [2.45, 2.75) is 88.8 Å². The van der Waals surface area contributed by atoms with Gasteiger partial charge in [0.15, 0.2) is 0 Å². The lowest BCUT2D eigenvalue weighted by atomic mass is 9.94. The van der Waals surface area contributed by atoms with Gasteiger partial charge in [0.2, 0.25) is 0 Å². The predicted molar refractivity (Wildman–Crippen MR) is 95.6 cm³/mol. The van der Waals surface area contributed by atoms with Crippen LogP contribution >= 0.6 is 0 Å². The van der Waals surface area contributed by atoms with Gasteiger partial charge in [-0.15, -0.1) is 0 Å². The van der Waals surface area contributed by atoms with Crippen LogP contribution in [-0.2, 0) is 28.4 Å². The van der Waals surface area contributed by atoms with Crippen molar-refractivity contribution in [3.8, 4) is 0 Å². The van der Waals surface area contributed by atoms with Crippen molar-refractivity contribution in [1.82, 2.24) is 0 Å². The summed E-state index contributed by atoms with van der Waals surface area (Å²) >= 11 is 0. The fourth-order valence-corrected chi connectivity index (χ4v) is 3.68. The molecule has 5 atom stereocenters. The quantitative estimate of drug-likeness (QED) is 0.611. The molecule has 156 valence electrons. The normalized spacial score (nSPS) is 29.4. The Hall–Kier alpha value is -1.54. The highest BCUT2D eigenvalue weighted by molar-refractivity contribution is 5.60. The molecular weight excluding hydrogens is 356 g/mol. The number of ether oxygens (including phenoxy) is 6. The first-order valence-electron chi connectivity index (χ1n) is 9.79. The Morgan fingerprint density at radius 2 is 1.22 bits per heavy atom. The summed E-state index contributed by atoms with van der Waals surface area (Å²) < 4.78 is 31.9. The number of hydrogen-bond donors (Lipinski definition) is 0. The average Bonchev–Trinajstić information content (AvgIpc) is 2.68. The molecule has 0 bridgehead atoms. The van der Waals surface area contributed by atoms with Crippen molar-refractivity contribution in [3.05, 3.63) is 0 Å². The van der Waals surface area contributed by atoms with Crippen molar-refractivity contribution in [2.75, 3.05) is 20.8 Å². The van der Waals surface area contributed by atoms with E-state index in [2.05, 4.69) is 9.47 Å². The van der Waals surface area contributed by atoms with E-state index in [0.29, 0.717) is 6.61 Å². The van der Waals surface area contributed by atoms with E-state index in [-0.39, 0.29) is 30.5 Å². The molecule has 0 spiro atoms. The molecule has 0 heterocycles. The summed E-state index contributed by atoms with van der Waals surface area (Å²) in [5, 5.41) is 0. The monoisotopic (exact) mass is 388 g/mol. The zero-order chi connectivity index (χ0) is 19.6. The molecule has 5 unspecified atom stereocenters. The molecule has 8 heteroatoms. The summed E-state index contributed by atoms with van der Waals surface area (Å²) in [7, 11) is 2.60. The maximum atomic E-state index is 11.4. The molecule has 0 radical (unpaired) electrons. The summed E-state index contributed by atoms with van der Waals surface area (Å²) in [6, 6.07) is 0. The third-order valence-corrected chi connectivity index (χ3v) is 5.06. The van der Waals surface area contributed by atoms with Crippen LogP contribution in [0, 0.1) is 0 Å². The number of carbonyl (C=O) groups is 2. The van der Waals surface area contributed by atoms with E-state index < -0.39 is 12.3 Å². The fourth-order valence-electron chi connectivity index (χ4n) is 3.68. The highest BCUT2D eigenvalue weighted by atomic mass is 16.7. The van der Waals surface area contributed by atoms with Crippen molar-refractivity contribution in [1.29, 1.82) is 0 Å². The Morgan fingerprint density at radius 1 is 0.778 bits per heavy atom. The lowest BCUT2D eigenvalue weighted by Crippen LogP contribution is -2.41. The van der Waals surface area contributed by atoms with Crippen LogP contribution in [0.25, 0.3) is 0 Å². The summed E-state index contributed by atoms with van der Waals surface area (Å²) in [6.45, 7) is 2.32. The van der Waals surface area contributed by atoms with Crippen molar-refractivity contribution in [3.63, 3.8) is 0 Å². The first-order valence-corrected chi connectivity index (χ1v) is 9.79. The Morgan fingerprint density at radius 3 is 1.74 bits per heavy atom. The highest BCUT2D eigenvalue weighted by Gasteiger charge is 2.33. The molecule has 0 aromatic carbocycles. The largest absolute Gasteiger partial charge is 0.508 e. The lowest BCUT2D eigenvalue weighted by Gasteiger charge is -2.34. The third kappa shape index (κ3) is 7.18. The van der Waals surface area contributed by atoms with Gasteiger partial charge in [-0.1, -0.05) is 12.8 Å². The molecule has 0 amide bonds. The van der Waals surface area contributed by atoms with Crippen LogP contribution in [0.1, 0.15) is 58.3 Å². The van der Waals surface area contributed by atoms with Crippen molar-refractivity contribution < 1.29 is 38.0 Å². The van der Waals surface area contributed by atoms with E-state index in [1.54, 1.807) is 0 Å². The Kier molecular flexibility index (Phi) is 9.14. The van der Waals surface area contributed by atoms with Crippen LogP contribution in [-0.4, -0.2) is 63.7 Å². The van der Waals surface area contributed by atoms with E-state index in [4.69, 9.17) is 18.9 Å². The highest BCUT2D eigenvalue weighted by Crippen LogP contribution is 2.27. The minimum absolute atomic E-state index is 0.155. The molecule has 2 aliphatic carbocycles. The SMILES string of the molecule is COC(=O)OC1CCCCC1OCC(C)OC1CCCCC1OC(=O)OC. The first-order chi connectivity index (χ1) is 13.0. The maximum Gasteiger partial charge on any atom is 0.508 e. The molecule has 2 saturated carbocycles. The van der Waals surface area contributed by atoms with Crippen LogP contribution in [0.3, 0.4) is 0 Å². The molecule has 0 aromatic heterocycles. The Bertz CT molecular complexity index is 469. The number of hydrogen-bond acceptors (Lipinski definition) is 8. The van der Waals surface area contributed by atoms with Crippen LogP contribution < -0.4 is 0 Å². The minimum atomic E-state index is -0.676. The second-order valence-corrected chi connectivity index (χ2v) is 7.15. The molecule has 2 rings (SSSR count). The predicted octanol–water partition coefficient (Wildman–Crippen LogP) is 3.60. The first kappa shape index (κ1) is 21.8. The molecule has 27 heavy (non-hydrogen) atoms. The van der Waals surface area contributed by atoms with Gasteiger partial charge in [-0.2, -0.15) is 0 Å². The van der Waals surface area contributed by atoms with Crippen LogP contribution in [0.15, 0.2) is 0 Å². The van der Waals surface area contributed by atoms with Gasteiger partial charge >= 0.3 is 12.3 Å². The Labute approximate surface area is 160 Å². The minimum Gasteiger partial charge on any atom is -0.438 e. The molecule has 2 aliphatic rings. The Balaban J connectivity index is 1.80. The van der Waals surface area contributed by atoms with Gasteiger partial charge in [-0.05, 0) is 45.4 Å². The van der Waals surface area contributed by atoms with Gasteiger partial charge in [0, 0.05) is 0 Å². The number of methoxy groups -OCH3 is 2. The molecule has 0 N–H and O–H groups in total. The molecule has 0 saturated heterocycles. The van der Waals surface area contributed by atoms with E-state index in [0.717, 1.165) is 51.4 Å². The smallest absolute Gasteiger partial charge is 0.438 e. The number of carbonyl (C=O) groups excluding carboxylic acids is 2. The maximum absolute atomic E-state index is 11.4. The van der Waals surface area contributed by atoms with Gasteiger partial charge in [-0.3, -0.25) is 0 Å². The molecule has 2 fully saturated rings. The number of rotatable bonds is 7. The summed E-state index contributed by atoms with van der Waals surface area (Å²) in [4.78, 5) is 22.8. The van der Waals surface area contributed by atoms with E-state index in [1.165, 1.54) is 14.2 Å². The zero-order valence-electron chi connectivity index (χ0n) is 16.5. The van der Waals surface area contributed by atoms with Gasteiger partial charge in [0.05, 0.1) is 39.1 Å². The molecule has 0 aromatic rings. The second kappa shape index (κ2) is 11.3. The van der Waals surface area contributed by atoms with Crippen LogP contribution in [0.5, 0.6) is 0 Å². The topological polar surface area (TPSA) is 89.5 Å². The molecule has 8 nitrogen and oxygen atoms in total. The summed E-state index contributed by atoms with van der Waals surface area (Å²) in [5.41, 5.74) is 0. The third-order valence-electron chi connectivity index (χ3n) is 5.06. The van der Waals surface area contributed by atoms with Gasteiger partial charge in [-0.25, -0.2) is 9.59 Å². The fraction of sp³-hybridized carbons (Fsp3) is 0.895. The van der Waals surface area contributed by atoms with E-state index in [1.807, 2.05) is 6.92 Å². The van der Waals surface area contributed by atoms with Gasteiger partial charge in [0.25, 0.3) is 0 Å².